The van der Waals surface area contributed by atoms with Gasteiger partial charge in [-0.05, 0) is 25.8 Å². The molecule has 3 atom stereocenters. The van der Waals surface area contributed by atoms with E-state index in [4.69, 9.17) is 4.74 Å². The highest BCUT2D eigenvalue weighted by Crippen LogP contribution is 2.23. The third-order valence-electron chi connectivity index (χ3n) is 3.77. The van der Waals surface area contributed by atoms with Gasteiger partial charge < -0.3 is 15.0 Å². The van der Waals surface area contributed by atoms with E-state index in [1.807, 2.05) is 0 Å². The lowest BCUT2D eigenvalue weighted by molar-refractivity contribution is -0.154. The minimum Gasteiger partial charge on any atom is -0.464 e. The molecule has 0 saturated carbocycles. The van der Waals surface area contributed by atoms with Crippen molar-refractivity contribution in [2.24, 2.45) is 5.92 Å². The van der Waals surface area contributed by atoms with E-state index in [0.29, 0.717) is 24.8 Å². The molecule has 2 rings (SSSR count). The summed E-state index contributed by atoms with van der Waals surface area (Å²) in [7, 11) is 0. The number of ether oxygens (including phenoxy) is 1. The molecule has 0 radical (unpaired) electrons. The Bertz CT molecular complexity index is 351. The van der Waals surface area contributed by atoms with Gasteiger partial charge in [0.25, 0.3) is 0 Å². The van der Waals surface area contributed by atoms with Crippen molar-refractivity contribution in [2.75, 3.05) is 31.2 Å². The van der Waals surface area contributed by atoms with Crippen LogP contribution < -0.4 is 5.32 Å². The van der Waals surface area contributed by atoms with Gasteiger partial charge in [0.05, 0.1) is 12.6 Å². The molecule has 0 aromatic heterocycles. The minimum absolute atomic E-state index is 0.0587. The maximum absolute atomic E-state index is 12.6. The summed E-state index contributed by atoms with van der Waals surface area (Å²) in [6, 6.07) is -0.555. The van der Waals surface area contributed by atoms with E-state index in [2.05, 4.69) is 12.2 Å². The number of esters is 1. The fourth-order valence-electron chi connectivity index (χ4n) is 2.64. The monoisotopic (exact) mass is 286 g/mol. The van der Waals surface area contributed by atoms with Gasteiger partial charge in [0, 0.05) is 18.1 Å². The highest BCUT2D eigenvalue weighted by molar-refractivity contribution is 7.99. The van der Waals surface area contributed by atoms with Gasteiger partial charge >= 0.3 is 5.97 Å². The molecule has 108 valence electrons. The van der Waals surface area contributed by atoms with Gasteiger partial charge in [-0.25, -0.2) is 4.79 Å². The van der Waals surface area contributed by atoms with E-state index >= 15 is 0 Å². The van der Waals surface area contributed by atoms with Crippen LogP contribution in [0, 0.1) is 5.92 Å². The Morgan fingerprint density at radius 3 is 2.89 bits per heavy atom. The van der Waals surface area contributed by atoms with Crippen LogP contribution in [0.15, 0.2) is 0 Å². The molecule has 3 unspecified atom stereocenters. The van der Waals surface area contributed by atoms with Gasteiger partial charge in [-0.3, -0.25) is 4.79 Å². The fraction of sp³-hybridized carbons (Fsp3) is 0.846. The van der Waals surface area contributed by atoms with Gasteiger partial charge in [-0.2, -0.15) is 11.8 Å². The van der Waals surface area contributed by atoms with Crippen LogP contribution in [0.2, 0.25) is 0 Å². The maximum atomic E-state index is 12.6. The second kappa shape index (κ2) is 6.61. The second-order valence-electron chi connectivity index (χ2n) is 5.07. The quantitative estimate of drug-likeness (QED) is 0.765. The summed E-state index contributed by atoms with van der Waals surface area (Å²) < 4.78 is 5.08. The van der Waals surface area contributed by atoms with Crippen molar-refractivity contribution >= 4 is 23.6 Å². The Labute approximate surface area is 118 Å². The first kappa shape index (κ1) is 14.7. The van der Waals surface area contributed by atoms with Crippen LogP contribution >= 0.6 is 11.8 Å². The molecule has 0 spiro atoms. The third kappa shape index (κ3) is 3.23. The van der Waals surface area contributed by atoms with Crippen LogP contribution in [0.3, 0.4) is 0 Å². The van der Waals surface area contributed by atoms with Gasteiger partial charge in [0.15, 0.2) is 0 Å². The van der Waals surface area contributed by atoms with Crippen molar-refractivity contribution < 1.29 is 14.3 Å². The average Bonchev–Trinajstić information content (AvgIpc) is 2.84. The molecule has 5 nitrogen and oxygen atoms in total. The number of thioether (sulfide) groups is 1. The molecule has 2 fully saturated rings. The molecule has 0 aliphatic carbocycles. The van der Waals surface area contributed by atoms with Crippen LogP contribution in [0.1, 0.15) is 20.3 Å². The number of hydrogen-bond acceptors (Lipinski definition) is 5. The fourth-order valence-corrected chi connectivity index (χ4v) is 3.68. The predicted octanol–water partition coefficient (Wildman–Crippen LogP) is 0.491. The predicted molar refractivity (Wildman–Crippen MR) is 75.0 cm³/mol. The summed E-state index contributed by atoms with van der Waals surface area (Å²) in [5.74, 6) is 1.66. The maximum Gasteiger partial charge on any atom is 0.329 e. The molecule has 0 aromatic rings. The van der Waals surface area contributed by atoms with Gasteiger partial charge in [0.2, 0.25) is 5.91 Å². The number of hydrogen-bond donors (Lipinski definition) is 1. The zero-order chi connectivity index (χ0) is 13.8. The molecule has 2 aliphatic heterocycles. The summed E-state index contributed by atoms with van der Waals surface area (Å²) in [5.41, 5.74) is 0. The van der Waals surface area contributed by atoms with Crippen LogP contribution in [0.4, 0.5) is 0 Å². The van der Waals surface area contributed by atoms with E-state index in [1.54, 1.807) is 23.6 Å². The average molecular weight is 286 g/mol. The number of carbonyl (C=O) groups excluding carboxylic acids is 2. The van der Waals surface area contributed by atoms with Crippen molar-refractivity contribution in [2.45, 2.75) is 32.4 Å². The van der Waals surface area contributed by atoms with E-state index in [0.717, 1.165) is 18.7 Å². The van der Waals surface area contributed by atoms with Crippen LogP contribution in [0.5, 0.6) is 0 Å². The number of amides is 1. The molecule has 19 heavy (non-hydrogen) atoms. The summed E-state index contributed by atoms with van der Waals surface area (Å²) in [5, 5.41) is 3.24. The Kier molecular flexibility index (Phi) is 5.10. The Morgan fingerprint density at radius 1 is 1.47 bits per heavy atom. The summed E-state index contributed by atoms with van der Waals surface area (Å²) in [6.07, 6.45) is 1.02. The molecular weight excluding hydrogens is 264 g/mol. The zero-order valence-corrected chi connectivity index (χ0v) is 12.4. The zero-order valence-electron chi connectivity index (χ0n) is 11.6. The molecule has 2 saturated heterocycles. The number of nitrogens with zero attached hydrogens (tertiary/aromatic N) is 1. The Hall–Kier alpha value is -0.750. The Morgan fingerprint density at radius 2 is 2.26 bits per heavy atom. The number of rotatable bonds is 3. The van der Waals surface area contributed by atoms with E-state index in [9.17, 15) is 9.59 Å². The van der Waals surface area contributed by atoms with Crippen LogP contribution in [0.25, 0.3) is 0 Å². The van der Waals surface area contributed by atoms with Crippen LogP contribution in [-0.2, 0) is 14.3 Å². The summed E-state index contributed by atoms with van der Waals surface area (Å²) in [6.45, 7) is 5.75. The van der Waals surface area contributed by atoms with Crippen molar-refractivity contribution in [1.82, 2.24) is 10.2 Å². The smallest absolute Gasteiger partial charge is 0.329 e. The molecule has 6 heteroatoms. The normalized spacial score (nSPS) is 31.3. The molecule has 2 heterocycles. The van der Waals surface area contributed by atoms with E-state index in [1.165, 1.54) is 0 Å². The molecule has 0 aromatic carbocycles. The number of nitrogens with one attached hydrogen (secondary N) is 1. The minimum atomic E-state index is -0.416. The van der Waals surface area contributed by atoms with Gasteiger partial charge in [0.1, 0.15) is 6.04 Å². The third-order valence-corrected chi connectivity index (χ3v) is 4.79. The summed E-state index contributed by atoms with van der Waals surface area (Å²) in [4.78, 5) is 26.3. The molecule has 0 bridgehead atoms. The SMILES string of the molecule is CCOC(=O)C1CSCCN1C(=O)C1NCCC1C. The highest BCUT2D eigenvalue weighted by Gasteiger charge is 2.39. The lowest BCUT2D eigenvalue weighted by Crippen LogP contribution is -2.56. The van der Waals surface area contributed by atoms with E-state index in [-0.39, 0.29) is 17.9 Å². The standard InChI is InChI=1S/C13H22N2O3S/c1-3-18-13(17)10-8-19-7-6-15(10)12(16)11-9(2)4-5-14-11/h9-11,14H,3-8H2,1-2H3. The van der Waals surface area contributed by atoms with Crippen molar-refractivity contribution in [3.05, 3.63) is 0 Å². The summed E-state index contributed by atoms with van der Waals surface area (Å²) >= 11 is 1.71. The highest BCUT2D eigenvalue weighted by atomic mass is 32.2. The van der Waals surface area contributed by atoms with Crippen molar-refractivity contribution in [3.8, 4) is 0 Å². The van der Waals surface area contributed by atoms with Crippen LogP contribution in [-0.4, -0.2) is 60.1 Å². The van der Waals surface area contributed by atoms with E-state index < -0.39 is 6.04 Å². The second-order valence-corrected chi connectivity index (χ2v) is 6.22. The first-order valence-electron chi connectivity index (χ1n) is 6.93. The first-order chi connectivity index (χ1) is 9.15. The molecular formula is C13H22N2O3S. The molecule has 1 amide bonds. The topological polar surface area (TPSA) is 58.6 Å². The van der Waals surface area contributed by atoms with Gasteiger partial charge in [-0.15, -0.1) is 0 Å². The van der Waals surface area contributed by atoms with Crippen molar-refractivity contribution in [1.29, 1.82) is 0 Å². The largest absolute Gasteiger partial charge is 0.464 e. The lowest BCUT2D eigenvalue weighted by atomic mass is 10.0. The number of carbonyl (C=O) groups is 2. The lowest BCUT2D eigenvalue weighted by Gasteiger charge is -2.36. The Balaban J connectivity index is 2.06. The molecule has 1 N–H and O–H groups in total. The van der Waals surface area contributed by atoms with Crippen molar-refractivity contribution in [3.63, 3.8) is 0 Å². The first-order valence-corrected chi connectivity index (χ1v) is 8.08. The molecule has 2 aliphatic rings. The van der Waals surface area contributed by atoms with Gasteiger partial charge in [-0.1, -0.05) is 6.92 Å².